The van der Waals surface area contributed by atoms with Crippen molar-refractivity contribution in [3.8, 4) is 0 Å². The summed E-state index contributed by atoms with van der Waals surface area (Å²) in [6.45, 7) is 9.71. The Balaban J connectivity index is 1.67. The van der Waals surface area contributed by atoms with E-state index in [4.69, 9.17) is 0 Å². The monoisotopic (exact) mass is 456 g/mol. The molecule has 1 aliphatic rings. The van der Waals surface area contributed by atoms with Crippen LogP contribution in [-0.2, 0) is 21.4 Å². The SMILES string of the molecule is CC[C@H](C)N(Cc1ccccc1)C(=O)C1CCN(S(=O)(=O)c2ccc(C(C)C)cc2)CC1. The minimum absolute atomic E-state index is 0.137. The summed E-state index contributed by atoms with van der Waals surface area (Å²) in [4.78, 5) is 15.7. The highest BCUT2D eigenvalue weighted by atomic mass is 32.2. The highest BCUT2D eigenvalue weighted by Crippen LogP contribution is 2.27. The summed E-state index contributed by atoms with van der Waals surface area (Å²) in [5, 5.41) is 0. The number of amides is 1. The molecule has 0 radical (unpaired) electrons. The summed E-state index contributed by atoms with van der Waals surface area (Å²) >= 11 is 0. The quantitative estimate of drug-likeness (QED) is 0.559. The zero-order valence-electron chi connectivity index (χ0n) is 19.7. The van der Waals surface area contributed by atoms with Gasteiger partial charge in [-0.25, -0.2) is 8.42 Å². The van der Waals surface area contributed by atoms with E-state index in [-0.39, 0.29) is 17.9 Å². The van der Waals surface area contributed by atoms with Crippen LogP contribution in [-0.4, -0.2) is 42.7 Å². The fraction of sp³-hybridized carbons (Fsp3) is 0.500. The molecule has 0 saturated carbocycles. The number of rotatable bonds is 8. The summed E-state index contributed by atoms with van der Waals surface area (Å²) in [5.41, 5.74) is 2.24. The third-order valence-corrected chi connectivity index (χ3v) is 8.50. The average Bonchev–Trinajstić information content (AvgIpc) is 2.82. The van der Waals surface area contributed by atoms with Crippen LogP contribution in [0.5, 0.6) is 0 Å². The van der Waals surface area contributed by atoms with Crippen molar-refractivity contribution >= 4 is 15.9 Å². The molecule has 32 heavy (non-hydrogen) atoms. The Morgan fingerprint density at radius 2 is 1.59 bits per heavy atom. The van der Waals surface area contributed by atoms with Gasteiger partial charge >= 0.3 is 0 Å². The highest BCUT2D eigenvalue weighted by molar-refractivity contribution is 7.89. The maximum atomic E-state index is 13.4. The summed E-state index contributed by atoms with van der Waals surface area (Å²) in [6.07, 6.45) is 2.01. The minimum atomic E-state index is -3.53. The lowest BCUT2D eigenvalue weighted by atomic mass is 9.95. The molecule has 5 nitrogen and oxygen atoms in total. The Hall–Kier alpha value is -2.18. The van der Waals surface area contributed by atoms with Crippen molar-refractivity contribution in [2.45, 2.75) is 70.4 Å². The minimum Gasteiger partial charge on any atom is -0.335 e. The number of carbonyl (C=O) groups excluding carboxylic acids is 1. The lowest BCUT2D eigenvalue weighted by Gasteiger charge is -2.36. The van der Waals surface area contributed by atoms with Crippen molar-refractivity contribution in [2.24, 2.45) is 5.92 Å². The van der Waals surface area contributed by atoms with Crippen LogP contribution in [0.1, 0.15) is 64.0 Å². The van der Waals surface area contributed by atoms with E-state index in [0.29, 0.717) is 43.3 Å². The fourth-order valence-electron chi connectivity index (χ4n) is 4.20. The van der Waals surface area contributed by atoms with Crippen LogP contribution >= 0.6 is 0 Å². The molecule has 0 aliphatic carbocycles. The number of benzene rings is 2. The number of nitrogens with zero attached hydrogens (tertiary/aromatic N) is 2. The number of hydrogen-bond acceptors (Lipinski definition) is 3. The maximum absolute atomic E-state index is 13.4. The van der Waals surface area contributed by atoms with Gasteiger partial charge in [0.2, 0.25) is 15.9 Å². The first-order valence-corrected chi connectivity index (χ1v) is 13.1. The Bertz CT molecular complexity index is 979. The van der Waals surface area contributed by atoms with Crippen molar-refractivity contribution in [3.05, 3.63) is 65.7 Å². The molecular weight excluding hydrogens is 420 g/mol. The van der Waals surface area contributed by atoms with Crippen molar-refractivity contribution < 1.29 is 13.2 Å². The van der Waals surface area contributed by atoms with E-state index in [0.717, 1.165) is 17.5 Å². The van der Waals surface area contributed by atoms with Crippen LogP contribution in [0.3, 0.4) is 0 Å². The standard InChI is InChI=1S/C26H36N2O3S/c1-5-21(4)28(19-22-9-7-6-8-10-22)26(29)24-15-17-27(18-16-24)32(30,31)25-13-11-23(12-14-25)20(2)3/h6-14,20-21,24H,5,15-19H2,1-4H3/t21-/m0/s1. The zero-order valence-corrected chi connectivity index (χ0v) is 20.5. The van der Waals surface area contributed by atoms with Crippen LogP contribution in [0.25, 0.3) is 0 Å². The molecule has 1 fully saturated rings. The van der Waals surface area contributed by atoms with Crippen LogP contribution < -0.4 is 0 Å². The molecule has 0 unspecified atom stereocenters. The van der Waals surface area contributed by atoms with Crippen LogP contribution in [0.15, 0.2) is 59.5 Å². The van der Waals surface area contributed by atoms with Gasteiger partial charge in [0.1, 0.15) is 0 Å². The number of piperidine rings is 1. The smallest absolute Gasteiger partial charge is 0.243 e. The van der Waals surface area contributed by atoms with Crippen molar-refractivity contribution in [2.75, 3.05) is 13.1 Å². The van der Waals surface area contributed by atoms with E-state index in [2.05, 4.69) is 27.7 Å². The molecule has 1 saturated heterocycles. The molecule has 1 heterocycles. The molecule has 0 bridgehead atoms. The second-order valence-corrected chi connectivity index (χ2v) is 11.0. The number of carbonyl (C=O) groups is 1. The van der Waals surface area contributed by atoms with Gasteiger partial charge in [-0.2, -0.15) is 4.31 Å². The molecule has 2 aromatic rings. The first-order valence-electron chi connectivity index (χ1n) is 11.7. The summed E-state index contributed by atoms with van der Waals surface area (Å²) < 4.78 is 27.7. The van der Waals surface area contributed by atoms with Crippen molar-refractivity contribution in [1.82, 2.24) is 9.21 Å². The van der Waals surface area contributed by atoms with Gasteiger partial charge in [-0.15, -0.1) is 0 Å². The lowest BCUT2D eigenvalue weighted by molar-refractivity contribution is -0.139. The summed E-state index contributed by atoms with van der Waals surface area (Å²) in [6, 6.07) is 17.4. The van der Waals surface area contributed by atoms with E-state index in [1.807, 2.05) is 47.4 Å². The van der Waals surface area contributed by atoms with E-state index >= 15 is 0 Å². The third-order valence-electron chi connectivity index (χ3n) is 6.59. The van der Waals surface area contributed by atoms with E-state index < -0.39 is 10.0 Å². The second-order valence-electron chi connectivity index (χ2n) is 9.11. The molecule has 6 heteroatoms. The molecule has 3 rings (SSSR count). The van der Waals surface area contributed by atoms with Gasteiger partial charge in [0, 0.05) is 31.6 Å². The predicted octanol–water partition coefficient (Wildman–Crippen LogP) is 5.04. The highest BCUT2D eigenvalue weighted by Gasteiger charge is 2.34. The Kier molecular flexibility index (Phi) is 8.12. The van der Waals surface area contributed by atoms with Gasteiger partial charge in [-0.1, -0.05) is 63.2 Å². The molecule has 0 aromatic heterocycles. The Labute approximate surface area is 193 Å². The van der Waals surface area contributed by atoms with Crippen LogP contribution in [0.2, 0.25) is 0 Å². The molecular formula is C26H36N2O3S. The molecule has 2 aromatic carbocycles. The second kappa shape index (κ2) is 10.6. The molecule has 0 spiro atoms. The fourth-order valence-corrected chi connectivity index (χ4v) is 5.67. The van der Waals surface area contributed by atoms with Crippen molar-refractivity contribution in [3.63, 3.8) is 0 Å². The van der Waals surface area contributed by atoms with E-state index in [1.54, 1.807) is 12.1 Å². The largest absolute Gasteiger partial charge is 0.335 e. The number of sulfonamides is 1. The molecule has 1 amide bonds. The molecule has 1 aliphatic heterocycles. The van der Waals surface area contributed by atoms with Gasteiger partial charge < -0.3 is 4.90 Å². The van der Waals surface area contributed by atoms with Gasteiger partial charge in [0.15, 0.2) is 0 Å². The first-order chi connectivity index (χ1) is 15.2. The average molecular weight is 457 g/mol. The van der Waals surface area contributed by atoms with E-state index in [1.165, 1.54) is 4.31 Å². The third kappa shape index (κ3) is 5.59. The zero-order chi connectivity index (χ0) is 23.3. The van der Waals surface area contributed by atoms with Crippen LogP contribution in [0.4, 0.5) is 0 Å². The normalized spacial score (nSPS) is 16.8. The van der Waals surface area contributed by atoms with Gasteiger partial charge in [-0.05, 0) is 55.4 Å². The van der Waals surface area contributed by atoms with Gasteiger partial charge in [0.25, 0.3) is 0 Å². The Morgan fingerprint density at radius 3 is 2.12 bits per heavy atom. The number of hydrogen-bond donors (Lipinski definition) is 0. The van der Waals surface area contributed by atoms with Gasteiger partial charge in [0.05, 0.1) is 4.90 Å². The maximum Gasteiger partial charge on any atom is 0.243 e. The molecule has 0 N–H and O–H groups in total. The Morgan fingerprint density at radius 1 is 1.00 bits per heavy atom. The topological polar surface area (TPSA) is 57.7 Å². The predicted molar refractivity (Wildman–Crippen MR) is 129 cm³/mol. The lowest BCUT2D eigenvalue weighted by Crippen LogP contribution is -2.46. The van der Waals surface area contributed by atoms with Crippen LogP contribution in [0, 0.1) is 5.92 Å². The molecule has 1 atom stereocenters. The first kappa shape index (κ1) is 24.5. The van der Waals surface area contributed by atoms with E-state index in [9.17, 15) is 13.2 Å². The van der Waals surface area contributed by atoms with Crippen molar-refractivity contribution in [1.29, 1.82) is 0 Å². The summed E-state index contributed by atoms with van der Waals surface area (Å²) in [7, 11) is -3.53. The van der Waals surface area contributed by atoms with Gasteiger partial charge in [-0.3, -0.25) is 4.79 Å². The summed E-state index contributed by atoms with van der Waals surface area (Å²) in [5.74, 6) is 0.363. The molecule has 174 valence electrons.